The highest BCUT2D eigenvalue weighted by Gasteiger charge is 2.20. The van der Waals surface area contributed by atoms with Crippen molar-refractivity contribution in [1.29, 1.82) is 0 Å². The molecule has 0 saturated heterocycles. The van der Waals surface area contributed by atoms with Crippen LogP contribution in [0.15, 0.2) is 54.6 Å². The third-order valence-corrected chi connectivity index (χ3v) is 4.10. The van der Waals surface area contributed by atoms with Gasteiger partial charge in [-0.25, -0.2) is 0 Å². The van der Waals surface area contributed by atoms with Crippen LogP contribution < -0.4 is 11.1 Å². The topological polar surface area (TPSA) is 64.3 Å². The molecule has 0 bridgehead atoms. The van der Waals surface area contributed by atoms with Gasteiger partial charge in [0.2, 0.25) is 0 Å². The van der Waals surface area contributed by atoms with Crippen molar-refractivity contribution < 1.29 is 9.53 Å². The molecule has 2 atom stereocenters. The first-order valence-electron chi connectivity index (χ1n) is 8.23. The molecule has 0 heterocycles. The highest BCUT2D eigenvalue weighted by Crippen LogP contribution is 2.19. The Morgan fingerprint density at radius 2 is 1.58 bits per heavy atom. The van der Waals surface area contributed by atoms with Crippen molar-refractivity contribution in [2.24, 2.45) is 5.73 Å². The van der Waals surface area contributed by atoms with Gasteiger partial charge in [0.15, 0.2) is 6.10 Å². The van der Waals surface area contributed by atoms with Crippen molar-refractivity contribution >= 4 is 5.91 Å². The Morgan fingerprint density at radius 3 is 2.12 bits per heavy atom. The molecule has 2 rings (SSSR count). The van der Waals surface area contributed by atoms with E-state index in [0.717, 1.165) is 11.1 Å². The number of hydrogen-bond acceptors (Lipinski definition) is 3. The minimum absolute atomic E-state index is 0.182. The molecule has 0 aromatic heterocycles. The van der Waals surface area contributed by atoms with E-state index in [1.165, 1.54) is 12.7 Å². The van der Waals surface area contributed by atoms with Gasteiger partial charge in [0, 0.05) is 19.7 Å². The number of hydrogen-bond donors (Lipinski definition) is 2. The van der Waals surface area contributed by atoms with Crippen LogP contribution in [0.1, 0.15) is 48.6 Å². The van der Waals surface area contributed by atoms with Crippen molar-refractivity contribution in [3.05, 3.63) is 71.3 Å². The summed E-state index contributed by atoms with van der Waals surface area (Å²) in [5.74, 6) is 0.307. The lowest BCUT2D eigenvalue weighted by Crippen LogP contribution is -2.35. The number of methoxy groups -OCH3 is 1. The Labute approximate surface area is 144 Å². The van der Waals surface area contributed by atoms with E-state index in [0.29, 0.717) is 12.5 Å². The zero-order valence-electron chi connectivity index (χ0n) is 14.5. The van der Waals surface area contributed by atoms with E-state index in [4.69, 9.17) is 10.5 Å². The molecule has 4 heteroatoms. The fraction of sp³-hybridized carbons (Fsp3) is 0.350. The molecule has 0 saturated carbocycles. The maximum atomic E-state index is 12.4. The van der Waals surface area contributed by atoms with Gasteiger partial charge in [0.1, 0.15) is 0 Å². The number of rotatable bonds is 7. The Hall–Kier alpha value is -2.17. The number of carbonyl (C=O) groups is 1. The highest BCUT2D eigenvalue weighted by molar-refractivity contribution is 5.82. The molecule has 0 aliphatic heterocycles. The molecule has 0 fully saturated rings. The second kappa shape index (κ2) is 8.62. The molecule has 0 aliphatic rings. The van der Waals surface area contributed by atoms with Crippen LogP contribution >= 0.6 is 0 Å². The van der Waals surface area contributed by atoms with Gasteiger partial charge in [-0.3, -0.25) is 4.79 Å². The summed E-state index contributed by atoms with van der Waals surface area (Å²) < 4.78 is 5.33. The second-order valence-corrected chi connectivity index (χ2v) is 6.20. The first-order valence-corrected chi connectivity index (χ1v) is 8.23. The Kier molecular flexibility index (Phi) is 6.53. The predicted molar refractivity (Wildman–Crippen MR) is 96.7 cm³/mol. The van der Waals surface area contributed by atoms with Crippen LogP contribution in [0.5, 0.6) is 0 Å². The van der Waals surface area contributed by atoms with Gasteiger partial charge in [0.25, 0.3) is 5.91 Å². The third-order valence-electron chi connectivity index (χ3n) is 4.10. The van der Waals surface area contributed by atoms with Crippen molar-refractivity contribution in [3.63, 3.8) is 0 Å². The summed E-state index contributed by atoms with van der Waals surface area (Å²) in [6.07, 6.45) is -0.623. The molecule has 2 aromatic rings. The number of benzene rings is 2. The van der Waals surface area contributed by atoms with Crippen LogP contribution in [0.4, 0.5) is 0 Å². The molecule has 1 amide bonds. The summed E-state index contributed by atoms with van der Waals surface area (Å²) in [5.41, 5.74) is 9.30. The number of ether oxygens (including phenoxy) is 1. The zero-order valence-corrected chi connectivity index (χ0v) is 14.5. The van der Waals surface area contributed by atoms with Crippen LogP contribution in [0.3, 0.4) is 0 Å². The first kappa shape index (κ1) is 18.2. The summed E-state index contributed by atoms with van der Waals surface area (Å²) >= 11 is 0. The second-order valence-electron chi connectivity index (χ2n) is 6.20. The molecular weight excluding hydrogens is 300 g/mol. The smallest absolute Gasteiger partial charge is 0.253 e. The van der Waals surface area contributed by atoms with Crippen molar-refractivity contribution in [1.82, 2.24) is 5.32 Å². The average Bonchev–Trinajstić information content (AvgIpc) is 2.61. The third kappa shape index (κ3) is 4.66. The van der Waals surface area contributed by atoms with Gasteiger partial charge < -0.3 is 15.8 Å². The van der Waals surface area contributed by atoms with E-state index < -0.39 is 6.10 Å². The lowest BCUT2D eigenvalue weighted by Gasteiger charge is -2.18. The molecule has 24 heavy (non-hydrogen) atoms. The monoisotopic (exact) mass is 326 g/mol. The fourth-order valence-corrected chi connectivity index (χ4v) is 2.57. The average molecular weight is 326 g/mol. The molecular formula is C20H26N2O2. The summed E-state index contributed by atoms with van der Waals surface area (Å²) in [6.45, 7) is 4.68. The van der Waals surface area contributed by atoms with Crippen LogP contribution in [0.25, 0.3) is 0 Å². The quantitative estimate of drug-likeness (QED) is 0.820. The lowest BCUT2D eigenvalue weighted by molar-refractivity contribution is -0.131. The van der Waals surface area contributed by atoms with Crippen molar-refractivity contribution in [3.8, 4) is 0 Å². The molecule has 2 aromatic carbocycles. The van der Waals surface area contributed by atoms with Crippen LogP contribution in [-0.4, -0.2) is 19.6 Å². The van der Waals surface area contributed by atoms with E-state index >= 15 is 0 Å². The van der Waals surface area contributed by atoms with Gasteiger partial charge >= 0.3 is 0 Å². The molecule has 3 N–H and O–H groups in total. The number of nitrogens with one attached hydrogen (secondary N) is 1. The molecule has 0 unspecified atom stereocenters. The van der Waals surface area contributed by atoms with E-state index in [1.807, 2.05) is 42.5 Å². The summed E-state index contributed by atoms with van der Waals surface area (Å²) in [4.78, 5) is 12.4. The van der Waals surface area contributed by atoms with Gasteiger partial charge in [-0.15, -0.1) is 0 Å². The summed E-state index contributed by atoms with van der Waals surface area (Å²) in [6, 6.07) is 17.4. The maximum Gasteiger partial charge on any atom is 0.253 e. The van der Waals surface area contributed by atoms with Crippen LogP contribution in [0.2, 0.25) is 0 Å². The highest BCUT2D eigenvalue weighted by atomic mass is 16.5. The predicted octanol–water partition coefficient (Wildman–Crippen LogP) is 3.31. The lowest BCUT2D eigenvalue weighted by atomic mass is 9.99. The first-order chi connectivity index (χ1) is 11.5. The van der Waals surface area contributed by atoms with Gasteiger partial charge in [-0.1, -0.05) is 68.4 Å². The van der Waals surface area contributed by atoms with Crippen LogP contribution in [0, 0.1) is 0 Å². The van der Waals surface area contributed by atoms with Gasteiger partial charge in [-0.05, 0) is 22.6 Å². The Morgan fingerprint density at radius 1 is 1.00 bits per heavy atom. The normalized spacial score (nSPS) is 13.5. The Balaban J connectivity index is 1.95. The minimum atomic E-state index is -0.623. The largest absolute Gasteiger partial charge is 0.367 e. The van der Waals surface area contributed by atoms with Gasteiger partial charge in [0.05, 0.1) is 0 Å². The fourth-order valence-electron chi connectivity index (χ4n) is 2.57. The molecule has 0 aliphatic carbocycles. The molecule has 4 nitrogen and oxygen atoms in total. The van der Waals surface area contributed by atoms with E-state index in [1.54, 1.807) is 0 Å². The zero-order chi connectivity index (χ0) is 17.5. The van der Waals surface area contributed by atoms with Gasteiger partial charge in [-0.2, -0.15) is 0 Å². The van der Waals surface area contributed by atoms with Crippen molar-refractivity contribution in [2.45, 2.75) is 31.9 Å². The summed E-state index contributed by atoms with van der Waals surface area (Å²) in [7, 11) is 1.53. The number of amides is 1. The minimum Gasteiger partial charge on any atom is -0.367 e. The molecule has 0 spiro atoms. The number of carbonyl (C=O) groups excluding carboxylic acids is 1. The molecule has 128 valence electrons. The van der Waals surface area contributed by atoms with E-state index in [9.17, 15) is 4.79 Å². The van der Waals surface area contributed by atoms with Crippen LogP contribution in [-0.2, 0) is 9.53 Å². The number of nitrogens with two attached hydrogens (primary N) is 1. The SMILES string of the molecule is CO[C@@H](C(=O)NC[C@H](N)c1ccc(C(C)C)cc1)c1ccccc1. The summed E-state index contributed by atoms with van der Waals surface area (Å²) in [5, 5.41) is 2.88. The van der Waals surface area contributed by atoms with E-state index in [2.05, 4.69) is 31.3 Å². The van der Waals surface area contributed by atoms with E-state index in [-0.39, 0.29) is 11.9 Å². The Bertz CT molecular complexity index is 638. The maximum absolute atomic E-state index is 12.4. The van der Waals surface area contributed by atoms with Crippen molar-refractivity contribution in [2.75, 3.05) is 13.7 Å². The standard InChI is InChI=1S/C20H26N2O2/c1-14(2)15-9-11-16(12-10-15)18(21)13-22-20(23)19(24-3)17-7-5-4-6-8-17/h4-12,14,18-19H,13,21H2,1-3H3,(H,22,23)/t18-,19+/m0/s1. The molecule has 0 radical (unpaired) electrons.